The highest BCUT2D eigenvalue weighted by atomic mass is 35.5. The molecular formula is C23H21ClFN5O2S. The molecule has 1 N–H and O–H groups in total. The lowest BCUT2D eigenvalue weighted by atomic mass is 10.2. The van der Waals surface area contributed by atoms with E-state index in [9.17, 15) is 9.18 Å². The lowest BCUT2D eigenvalue weighted by Gasteiger charge is -2.16. The first-order valence-corrected chi connectivity index (χ1v) is 11.7. The molecular weight excluding hydrogens is 465 g/mol. The van der Waals surface area contributed by atoms with Crippen LogP contribution in [0.2, 0.25) is 5.02 Å². The molecule has 2 atom stereocenters. The lowest BCUT2D eigenvalue weighted by molar-refractivity contribution is -0.115. The van der Waals surface area contributed by atoms with Crippen LogP contribution in [0.1, 0.15) is 25.3 Å². The fourth-order valence-electron chi connectivity index (χ4n) is 3.48. The largest absolute Gasteiger partial charge is 0.376 e. The van der Waals surface area contributed by atoms with E-state index in [1.807, 2.05) is 10.6 Å². The maximum Gasteiger partial charge on any atom is 0.237 e. The summed E-state index contributed by atoms with van der Waals surface area (Å²) in [5.41, 5.74) is 1.58. The summed E-state index contributed by atoms with van der Waals surface area (Å²) < 4.78 is 21.1. The molecule has 1 aliphatic heterocycles. The number of carbonyl (C=O) groups excluding carboxylic acids is 1. The van der Waals surface area contributed by atoms with Crippen LogP contribution in [0.5, 0.6) is 0 Å². The number of anilines is 1. The Labute approximate surface area is 199 Å². The topological polar surface area (TPSA) is 92.8 Å². The minimum atomic E-state index is -0.493. The number of thioether (sulfide) groups is 1. The molecule has 2 aromatic carbocycles. The van der Waals surface area contributed by atoms with Crippen molar-refractivity contribution in [2.24, 2.45) is 0 Å². The van der Waals surface area contributed by atoms with Crippen LogP contribution in [0.25, 0.3) is 11.4 Å². The van der Waals surface area contributed by atoms with Gasteiger partial charge in [0.15, 0.2) is 11.0 Å². The summed E-state index contributed by atoms with van der Waals surface area (Å²) in [5, 5.41) is 20.8. The van der Waals surface area contributed by atoms with Crippen molar-refractivity contribution in [3.05, 3.63) is 58.9 Å². The van der Waals surface area contributed by atoms with Crippen LogP contribution < -0.4 is 5.32 Å². The van der Waals surface area contributed by atoms with E-state index in [4.69, 9.17) is 21.6 Å². The first-order valence-electron chi connectivity index (χ1n) is 10.4. The SMILES string of the molecule is CC(Sc1nnc(-c2ccc(F)cc2)n1CC1CCCO1)C(=O)Nc1ccc(C#N)c(Cl)c1. The molecule has 4 rings (SSSR count). The molecule has 0 bridgehead atoms. The zero-order valence-corrected chi connectivity index (χ0v) is 19.4. The lowest BCUT2D eigenvalue weighted by Crippen LogP contribution is -2.23. The highest BCUT2D eigenvalue weighted by Gasteiger charge is 2.25. The van der Waals surface area contributed by atoms with Crippen molar-refractivity contribution in [3.63, 3.8) is 0 Å². The molecule has 0 aliphatic carbocycles. The Morgan fingerprint density at radius 3 is 2.82 bits per heavy atom. The Bertz CT molecular complexity index is 1190. The molecule has 2 heterocycles. The number of nitrogens with zero attached hydrogens (tertiary/aromatic N) is 4. The van der Waals surface area contributed by atoms with Gasteiger partial charge in [-0.1, -0.05) is 23.4 Å². The van der Waals surface area contributed by atoms with E-state index in [2.05, 4.69) is 15.5 Å². The van der Waals surface area contributed by atoms with Crippen molar-refractivity contribution < 1.29 is 13.9 Å². The predicted octanol–water partition coefficient (Wildman–Crippen LogP) is 4.91. The number of rotatable bonds is 7. The number of carbonyl (C=O) groups is 1. The van der Waals surface area contributed by atoms with Crippen LogP contribution in [-0.4, -0.2) is 38.6 Å². The van der Waals surface area contributed by atoms with Gasteiger partial charge in [0.1, 0.15) is 11.9 Å². The van der Waals surface area contributed by atoms with E-state index in [0.29, 0.717) is 35.4 Å². The summed E-state index contributed by atoms with van der Waals surface area (Å²) in [7, 11) is 0. The summed E-state index contributed by atoms with van der Waals surface area (Å²) in [4.78, 5) is 12.8. The number of aromatic nitrogens is 3. The van der Waals surface area contributed by atoms with Gasteiger partial charge in [-0.15, -0.1) is 10.2 Å². The number of halogens is 2. The third-order valence-corrected chi connectivity index (χ3v) is 6.63. The Balaban J connectivity index is 1.53. The Kier molecular flexibility index (Phi) is 7.28. The van der Waals surface area contributed by atoms with Gasteiger partial charge in [-0.05, 0) is 62.2 Å². The van der Waals surface area contributed by atoms with Crippen molar-refractivity contribution in [1.82, 2.24) is 14.8 Å². The number of ether oxygens (including phenoxy) is 1. The number of hydrogen-bond donors (Lipinski definition) is 1. The monoisotopic (exact) mass is 485 g/mol. The zero-order chi connectivity index (χ0) is 23.4. The van der Waals surface area contributed by atoms with Crippen LogP contribution in [-0.2, 0) is 16.1 Å². The van der Waals surface area contributed by atoms with E-state index in [0.717, 1.165) is 18.4 Å². The number of benzene rings is 2. The van der Waals surface area contributed by atoms with Gasteiger partial charge in [-0.3, -0.25) is 9.36 Å². The molecule has 10 heteroatoms. The van der Waals surface area contributed by atoms with Crippen LogP contribution in [0.3, 0.4) is 0 Å². The van der Waals surface area contributed by atoms with Crippen LogP contribution in [0, 0.1) is 17.1 Å². The first kappa shape index (κ1) is 23.2. The number of hydrogen-bond acceptors (Lipinski definition) is 6. The van der Waals surface area contributed by atoms with E-state index in [-0.39, 0.29) is 22.9 Å². The average molecular weight is 486 g/mol. The van der Waals surface area contributed by atoms with Crippen molar-refractivity contribution in [2.45, 2.75) is 42.8 Å². The van der Waals surface area contributed by atoms with Crippen molar-refractivity contribution in [1.29, 1.82) is 5.26 Å². The van der Waals surface area contributed by atoms with Gasteiger partial charge in [-0.2, -0.15) is 5.26 Å². The standard InChI is InChI=1S/C23H21ClFN5O2S/c1-14(22(31)27-18-9-6-16(12-26)20(24)11-18)33-23-29-28-21(15-4-7-17(25)8-5-15)30(23)13-19-3-2-10-32-19/h4-9,11,14,19H,2-3,10,13H2,1H3,(H,27,31). The smallest absolute Gasteiger partial charge is 0.237 e. The molecule has 170 valence electrons. The predicted molar refractivity (Wildman–Crippen MR) is 125 cm³/mol. The fourth-order valence-corrected chi connectivity index (χ4v) is 4.57. The maximum atomic E-state index is 13.4. The van der Waals surface area contributed by atoms with Crippen LogP contribution in [0.15, 0.2) is 47.6 Å². The van der Waals surface area contributed by atoms with Gasteiger partial charge in [0, 0.05) is 17.9 Å². The molecule has 1 amide bonds. The molecule has 7 nitrogen and oxygen atoms in total. The zero-order valence-electron chi connectivity index (χ0n) is 17.8. The molecule has 0 radical (unpaired) electrons. The van der Waals surface area contributed by atoms with E-state index >= 15 is 0 Å². The highest BCUT2D eigenvalue weighted by molar-refractivity contribution is 8.00. The number of nitriles is 1. The van der Waals surface area contributed by atoms with Gasteiger partial charge < -0.3 is 10.1 Å². The van der Waals surface area contributed by atoms with Gasteiger partial charge in [-0.25, -0.2) is 4.39 Å². The third kappa shape index (κ3) is 5.53. The molecule has 33 heavy (non-hydrogen) atoms. The summed E-state index contributed by atoms with van der Waals surface area (Å²) in [6.45, 7) is 3.03. The number of nitrogens with one attached hydrogen (secondary N) is 1. The van der Waals surface area contributed by atoms with Gasteiger partial charge in [0.25, 0.3) is 0 Å². The summed E-state index contributed by atoms with van der Waals surface area (Å²) >= 11 is 7.33. The van der Waals surface area contributed by atoms with Gasteiger partial charge in [0.05, 0.1) is 28.5 Å². The highest BCUT2D eigenvalue weighted by Crippen LogP contribution is 2.30. The molecule has 0 spiro atoms. The third-order valence-electron chi connectivity index (χ3n) is 5.24. The van der Waals surface area contributed by atoms with Gasteiger partial charge >= 0.3 is 0 Å². The molecule has 3 aromatic rings. The minimum absolute atomic E-state index is 0.0319. The molecule has 1 aromatic heterocycles. The Morgan fingerprint density at radius 1 is 1.36 bits per heavy atom. The normalized spacial score (nSPS) is 16.4. The molecule has 0 saturated carbocycles. The molecule has 1 aliphatic rings. The van der Waals surface area contributed by atoms with E-state index in [1.165, 1.54) is 23.9 Å². The minimum Gasteiger partial charge on any atom is -0.376 e. The average Bonchev–Trinajstić information content (AvgIpc) is 3.45. The fraction of sp³-hybridized carbons (Fsp3) is 0.304. The molecule has 1 fully saturated rings. The second kappa shape index (κ2) is 10.3. The molecule has 2 unspecified atom stereocenters. The summed E-state index contributed by atoms with van der Waals surface area (Å²) in [6, 6.07) is 12.8. The summed E-state index contributed by atoms with van der Waals surface area (Å²) in [5.74, 6) is 0.0296. The van der Waals surface area contributed by atoms with Crippen molar-refractivity contribution in [3.8, 4) is 17.5 Å². The Morgan fingerprint density at radius 2 is 2.15 bits per heavy atom. The van der Waals surface area contributed by atoms with Crippen molar-refractivity contribution >= 4 is 35.0 Å². The second-order valence-electron chi connectivity index (χ2n) is 7.61. The van der Waals surface area contributed by atoms with Gasteiger partial charge in [0.2, 0.25) is 5.91 Å². The first-order chi connectivity index (χ1) is 15.9. The molecule has 1 saturated heterocycles. The van der Waals surface area contributed by atoms with Crippen LogP contribution in [0.4, 0.5) is 10.1 Å². The number of amides is 1. The Hall–Kier alpha value is -2.93. The van der Waals surface area contributed by atoms with Crippen LogP contribution >= 0.6 is 23.4 Å². The quantitative estimate of drug-likeness (QED) is 0.478. The second-order valence-corrected chi connectivity index (χ2v) is 9.33. The van der Waals surface area contributed by atoms with Crippen molar-refractivity contribution in [2.75, 3.05) is 11.9 Å². The van der Waals surface area contributed by atoms with E-state index in [1.54, 1.807) is 37.3 Å². The van der Waals surface area contributed by atoms with E-state index < -0.39 is 5.25 Å². The summed E-state index contributed by atoms with van der Waals surface area (Å²) in [6.07, 6.45) is 1.96. The maximum absolute atomic E-state index is 13.4.